The predicted octanol–water partition coefficient (Wildman–Crippen LogP) is 21.6. The minimum absolute atomic E-state index is 0.0271. The third-order valence-electron chi connectivity index (χ3n) is 17.9. The van der Waals surface area contributed by atoms with Crippen molar-refractivity contribution in [1.29, 1.82) is 0 Å². The van der Waals surface area contributed by atoms with E-state index in [4.69, 9.17) is 19.3 Å². The lowest BCUT2D eigenvalue weighted by Crippen LogP contribution is -2.34. The van der Waals surface area contributed by atoms with Gasteiger partial charge in [-0.05, 0) is 259 Å². The van der Waals surface area contributed by atoms with E-state index in [1.165, 1.54) is 93.3 Å². The molecule has 0 aliphatic carbocycles. The monoisotopic (exact) mass is 1850 g/mol. The summed E-state index contributed by atoms with van der Waals surface area (Å²) in [5.74, 6) is 0.404. The van der Waals surface area contributed by atoms with Crippen molar-refractivity contribution in [2.24, 2.45) is 0 Å². The maximum atomic E-state index is 13.5. The van der Waals surface area contributed by atoms with Crippen LogP contribution in [0.2, 0.25) is 0 Å². The lowest BCUT2D eigenvalue weighted by atomic mass is 9.96. The van der Waals surface area contributed by atoms with Gasteiger partial charge in [0.2, 0.25) is 23.3 Å². The lowest BCUT2D eigenvalue weighted by molar-refractivity contribution is -0.138. The van der Waals surface area contributed by atoms with E-state index in [1.807, 2.05) is 20.8 Å². The Balaban J connectivity index is 0.000000197. The maximum Gasteiger partial charge on any atom is 0.419 e. The molecule has 0 aliphatic rings. The number of hydrogen-bond donors (Lipinski definition) is 2. The molecule has 698 valence electrons. The molecular weight excluding hydrogens is 1760 g/mol. The molecule has 12 aromatic rings. The molecule has 8 aromatic carbocycles. The fourth-order valence-corrected chi connectivity index (χ4v) is 12.1. The Kier molecular flexibility index (Phi) is 33.0. The summed E-state index contributed by atoms with van der Waals surface area (Å²) in [6.45, 7) is 21.8. The van der Waals surface area contributed by atoms with Gasteiger partial charge in [-0.3, -0.25) is 4.79 Å². The molecular formula is C87H89F16N19O9. The molecule has 0 unspecified atom stereocenters. The number of tetrazole rings is 4. The van der Waals surface area contributed by atoms with Crippen molar-refractivity contribution < 1.29 is 114 Å². The zero-order valence-electron chi connectivity index (χ0n) is 72.3. The summed E-state index contributed by atoms with van der Waals surface area (Å²) in [7, 11) is 0. The molecule has 0 atom stereocenters. The van der Waals surface area contributed by atoms with Crippen LogP contribution in [0, 0.1) is 0 Å². The first-order chi connectivity index (χ1) is 61.4. The summed E-state index contributed by atoms with van der Waals surface area (Å²) in [5, 5.41) is 67.0. The van der Waals surface area contributed by atoms with Crippen LogP contribution < -0.4 is 14.7 Å². The third kappa shape index (κ3) is 27.9. The summed E-state index contributed by atoms with van der Waals surface area (Å²) in [5.41, 5.74) is -2.89. The standard InChI is InChI=1S/C23H24F5N5O2.C23H26F3N5O3.C23H24F3N5O3.C18H15F5N4O/c1-5-12-32-30-20(29-31-32)17-13-14(19(24)25)6-11-18(17)33(21(34)35-22(2,3)4)16-9-7-15(8-10-16)23(26,27)28;2*1-5-12-30-28-20(27-29-30)18-13-15(14-32)6-11-19(18)31(21(33)34-22(2,3)4)17-9-7-16(8-10-17)23(24,25)26;19-16(20)13-4-3-12(9-11-1-5-14(6-2-11)18(21,22)23)15(10-13)17-24-26-27(25-17)7-8-28/h6-11,13,19H,5,12H2,1-4H3;6-11,13,32H,5,12,14H2,1-4H3;6-11,13-14H,5,12H2,1-4H3;1-6,10,16,28H,7-9H2. The number of rotatable bonds is 24. The van der Waals surface area contributed by atoms with Gasteiger partial charge >= 0.3 is 43.0 Å². The quantitative estimate of drug-likeness (QED) is 0.0322. The van der Waals surface area contributed by atoms with Crippen LogP contribution in [0.15, 0.2) is 170 Å². The van der Waals surface area contributed by atoms with Gasteiger partial charge in [0.1, 0.15) is 23.1 Å². The molecule has 2 N–H and O–H groups in total. The molecule has 0 aliphatic heterocycles. The molecule has 44 heteroatoms. The molecule has 0 bridgehead atoms. The largest absolute Gasteiger partial charge is 0.443 e. The topological polar surface area (TPSA) is 321 Å². The van der Waals surface area contributed by atoms with Gasteiger partial charge in [0.25, 0.3) is 12.9 Å². The number of aliphatic hydroxyl groups excluding tert-OH is 2. The number of aromatic nitrogens is 16. The van der Waals surface area contributed by atoms with Gasteiger partial charge in [-0.15, -0.1) is 40.8 Å². The third-order valence-corrected chi connectivity index (χ3v) is 17.9. The maximum absolute atomic E-state index is 13.5. The first-order valence-electron chi connectivity index (χ1n) is 40.1. The predicted molar refractivity (Wildman–Crippen MR) is 446 cm³/mol. The van der Waals surface area contributed by atoms with Crippen LogP contribution in [0.4, 0.5) is 119 Å². The average Bonchev–Trinajstić information content (AvgIpc) is 1.76. The molecule has 0 radical (unpaired) electrons. The summed E-state index contributed by atoms with van der Waals surface area (Å²) in [4.78, 5) is 59.6. The first kappa shape index (κ1) is 101. The highest BCUT2D eigenvalue weighted by Gasteiger charge is 2.38. The fourth-order valence-electron chi connectivity index (χ4n) is 12.1. The van der Waals surface area contributed by atoms with Gasteiger partial charge in [0.05, 0.1) is 95.8 Å². The zero-order valence-corrected chi connectivity index (χ0v) is 72.3. The SMILES string of the molecule is CCCn1nnc(-c2cc(C(F)F)ccc2N(C(=O)OC(C)(C)C)c2ccc(C(F)(F)F)cc2)n1.CCCn1nnc(-c2cc(C=O)ccc2N(C(=O)OC(C)(C)C)c2ccc(C(F)(F)F)cc2)n1.CCCn1nnc(-c2cc(CO)ccc2N(C(=O)OC(C)(C)C)c2ccc(C(F)(F)F)cc2)n1.OCCn1nnc(-c2cc(C(F)F)ccc2Cc2ccc(C(F)(F)F)cc2)n1. The Morgan fingerprint density at radius 3 is 0.977 bits per heavy atom. The van der Waals surface area contributed by atoms with Crippen LogP contribution in [-0.2, 0) is 78.1 Å². The van der Waals surface area contributed by atoms with E-state index in [1.54, 1.807) is 80.5 Å². The number of halogens is 16. The number of carbonyl (C=O) groups excluding carboxylic acids is 4. The second kappa shape index (κ2) is 42.7. The van der Waals surface area contributed by atoms with Gasteiger partial charge in [0.15, 0.2) is 0 Å². The van der Waals surface area contributed by atoms with E-state index in [0.29, 0.717) is 65.7 Å². The van der Waals surface area contributed by atoms with E-state index in [9.17, 15) is 94.5 Å². The first-order valence-corrected chi connectivity index (χ1v) is 40.1. The van der Waals surface area contributed by atoms with E-state index in [-0.39, 0.29) is 106 Å². The highest BCUT2D eigenvalue weighted by atomic mass is 19.4. The number of carbonyl (C=O) groups is 4. The Bertz CT molecular complexity index is 5830. The van der Waals surface area contributed by atoms with Crippen molar-refractivity contribution in [2.75, 3.05) is 21.3 Å². The van der Waals surface area contributed by atoms with Gasteiger partial charge in [0, 0.05) is 38.9 Å². The van der Waals surface area contributed by atoms with Crippen LogP contribution >= 0.6 is 0 Å². The van der Waals surface area contributed by atoms with Crippen molar-refractivity contribution in [1.82, 2.24) is 80.8 Å². The molecule has 4 heterocycles. The Morgan fingerprint density at radius 2 is 0.664 bits per heavy atom. The van der Waals surface area contributed by atoms with Crippen molar-refractivity contribution in [3.8, 4) is 45.6 Å². The van der Waals surface area contributed by atoms with Crippen molar-refractivity contribution in [3.63, 3.8) is 0 Å². The Morgan fingerprint density at radius 1 is 0.374 bits per heavy atom. The van der Waals surface area contributed by atoms with Gasteiger partial charge in [-0.2, -0.15) is 71.9 Å². The van der Waals surface area contributed by atoms with Crippen LogP contribution in [0.25, 0.3) is 45.6 Å². The number of amides is 3. The highest BCUT2D eigenvalue weighted by Crippen LogP contribution is 2.44. The Labute approximate surface area is 738 Å². The van der Waals surface area contributed by atoms with Gasteiger partial charge < -0.3 is 24.4 Å². The number of hydrogen-bond acceptors (Lipinski definition) is 21. The number of nitrogens with zero attached hydrogens (tertiary/aromatic N) is 19. The molecule has 4 aromatic heterocycles. The van der Waals surface area contributed by atoms with E-state index >= 15 is 0 Å². The number of benzene rings is 8. The zero-order chi connectivity index (χ0) is 96.5. The summed E-state index contributed by atoms with van der Waals surface area (Å²) >= 11 is 0. The number of alkyl halides is 16. The second-order valence-electron chi connectivity index (χ2n) is 31.7. The number of anilines is 6. The van der Waals surface area contributed by atoms with Crippen LogP contribution in [0.5, 0.6) is 0 Å². The highest BCUT2D eigenvalue weighted by molar-refractivity contribution is 6.03. The minimum atomic E-state index is -4.58. The van der Waals surface area contributed by atoms with Crippen molar-refractivity contribution in [2.45, 2.75) is 196 Å². The number of aldehydes is 1. The molecule has 131 heavy (non-hydrogen) atoms. The number of aliphatic hydroxyl groups is 2. The van der Waals surface area contributed by atoms with E-state index in [0.717, 1.165) is 105 Å². The number of aryl methyl sites for hydroxylation is 3. The fraction of sp³-hybridized carbons (Fsp3) is 0.356. The second-order valence-corrected chi connectivity index (χ2v) is 31.7. The van der Waals surface area contributed by atoms with Crippen molar-refractivity contribution >= 4 is 58.7 Å². The van der Waals surface area contributed by atoms with Crippen LogP contribution in [-0.4, -0.2) is 139 Å². The average molecular weight is 1850 g/mol. The molecule has 0 saturated heterocycles. The molecule has 12 rings (SSSR count). The Hall–Kier alpha value is -13.7. The van der Waals surface area contributed by atoms with Crippen molar-refractivity contribution in [3.05, 3.63) is 225 Å². The molecule has 28 nitrogen and oxygen atoms in total. The van der Waals surface area contributed by atoms with Gasteiger partial charge in [-0.25, -0.2) is 46.6 Å². The summed E-state index contributed by atoms with van der Waals surface area (Å²) < 4.78 is 226. The van der Waals surface area contributed by atoms with E-state index < -0.39 is 94.9 Å². The normalized spacial score (nSPS) is 12.0. The van der Waals surface area contributed by atoms with E-state index in [2.05, 4.69) is 61.6 Å². The molecule has 0 fully saturated rings. The van der Waals surface area contributed by atoms with Crippen LogP contribution in [0.1, 0.15) is 176 Å². The lowest BCUT2D eigenvalue weighted by Gasteiger charge is -2.29. The van der Waals surface area contributed by atoms with Gasteiger partial charge in [-0.1, -0.05) is 57.2 Å². The molecule has 0 saturated carbocycles. The number of ether oxygens (including phenoxy) is 3. The summed E-state index contributed by atoms with van der Waals surface area (Å²) in [6.07, 6.45) is -23.1. The summed E-state index contributed by atoms with van der Waals surface area (Å²) in [6, 6.07) is 33.4. The molecule has 0 spiro atoms. The molecule has 3 amide bonds. The van der Waals surface area contributed by atoms with Crippen LogP contribution in [0.3, 0.4) is 0 Å². The smallest absolute Gasteiger partial charge is 0.419 e. The minimum Gasteiger partial charge on any atom is -0.443 e.